The Bertz CT molecular complexity index is 848. The molecule has 27 heavy (non-hydrogen) atoms. The summed E-state index contributed by atoms with van der Waals surface area (Å²) in [5.74, 6) is -0.459. The van der Waals surface area contributed by atoms with Gasteiger partial charge in [-0.2, -0.15) is 5.26 Å². The van der Waals surface area contributed by atoms with Crippen LogP contribution in [0.2, 0.25) is 0 Å². The predicted octanol–water partition coefficient (Wildman–Crippen LogP) is 4.40. The molecule has 0 aliphatic rings. The average molecular weight is 363 g/mol. The maximum absolute atomic E-state index is 12.0. The van der Waals surface area contributed by atoms with Gasteiger partial charge in [0.25, 0.3) is 11.6 Å². The molecule has 0 aromatic heterocycles. The molecule has 0 saturated heterocycles. The van der Waals surface area contributed by atoms with Crippen molar-refractivity contribution in [1.82, 2.24) is 5.32 Å². The third-order valence-electron chi connectivity index (χ3n) is 3.32. The van der Waals surface area contributed by atoms with E-state index in [-0.39, 0.29) is 11.3 Å². The van der Waals surface area contributed by atoms with Crippen molar-refractivity contribution in [3.63, 3.8) is 0 Å². The minimum Gasteiger partial charge on any atom is -0.347 e. The Morgan fingerprint density at radius 2 is 1.78 bits per heavy atom. The molecule has 2 aromatic rings. The molecule has 138 valence electrons. The fraction of sp³-hybridized carbons (Fsp3) is 0.143. The lowest BCUT2D eigenvalue weighted by Crippen LogP contribution is -2.23. The van der Waals surface area contributed by atoms with Gasteiger partial charge in [-0.3, -0.25) is 14.9 Å². The molecule has 0 saturated carbocycles. The Morgan fingerprint density at radius 3 is 2.33 bits per heavy atom. The molecule has 0 fully saturated rings. The van der Waals surface area contributed by atoms with Crippen molar-refractivity contribution in [2.24, 2.45) is 0 Å². The Hall–Kier alpha value is -3.72. The van der Waals surface area contributed by atoms with Crippen molar-refractivity contribution in [3.05, 3.63) is 93.6 Å². The molecule has 0 bridgehead atoms. The highest BCUT2D eigenvalue weighted by molar-refractivity contribution is 5.97. The molecule has 0 atom stereocenters. The highest BCUT2D eigenvalue weighted by atomic mass is 16.6. The first-order valence-corrected chi connectivity index (χ1v) is 8.45. The van der Waals surface area contributed by atoms with Crippen LogP contribution in [-0.4, -0.2) is 10.8 Å². The number of nitro benzene ring substituents is 1. The normalized spacial score (nSPS) is 10.5. The van der Waals surface area contributed by atoms with E-state index in [2.05, 4.69) is 5.32 Å². The lowest BCUT2D eigenvalue weighted by Gasteiger charge is -2.03. The zero-order chi connectivity index (χ0) is 20.1. The molecule has 2 aromatic carbocycles. The summed E-state index contributed by atoms with van der Waals surface area (Å²) in [6.45, 7) is 4.34. The van der Waals surface area contributed by atoms with Crippen LogP contribution in [0.1, 0.15) is 25.0 Å². The summed E-state index contributed by atoms with van der Waals surface area (Å²) < 4.78 is 0. The lowest BCUT2D eigenvalue weighted by atomic mass is 10.1. The van der Waals surface area contributed by atoms with Crippen LogP contribution in [0, 0.1) is 21.4 Å². The molecule has 2 rings (SSSR count). The predicted molar refractivity (Wildman–Crippen MR) is 105 cm³/mol. The zero-order valence-electron chi connectivity index (χ0n) is 15.3. The maximum Gasteiger partial charge on any atom is 0.269 e. The van der Waals surface area contributed by atoms with Gasteiger partial charge in [0.2, 0.25) is 0 Å². The van der Waals surface area contributed by atoms with Crippen molar-refractivity contribution in [1.29, 1.82) is 5.26 Å². The minimum absolute atomic E-state index is 0.00527. The number of amides is 1. The van der Waals surface area contributed by atoms with Gasteiger partial charge in [-0.1, -0.05) is 56.3 Å². The summed E-state index contributed by atoms with van der Waals surface area (Å²) in [5.41, 5.74) is 1.65. The Balaban J connectivity index is 0.00000176. The van der Waals surface area contributed by atoms with Crippen LogP contribution in [0.25, 0.3) is 6.08 Å². The quantitative estimate of drug-likeness (QED) is 0.270. The molecule has 0 unspecified atom stereocenters. The second-order valence-corrected chi connectivity index (χ2v) is 5.07. The molecule has 0 heterocycles. The molecule has 0 aliphatic heterocycles. The molecule has 1 N–H and O–H groups in total. The van der Waals surface area contributed by atoms with Crippen LogP contribution in [0.4, 0.5) is 5.69 Å². The number of allylic oxidation sites excluding steroid dienone is 2. The van der Waals surface area contributed by atoms with Crippen LogP contribution >= 0.6 is 0 Å². The van der Waals surface area contributed by atoms with Crippen LogP contribution in [0.5, 0.6) is 0 Å². The number of nitro groups is 1. The molecule has 6 nitrogen and oxygen atoms in total. The summed E-state index contributed by atoms with van der Waals surface area (Å²) in [4.78, 5) is 22.1. The van der Waals surface area contributed by atoms with Gasteiger partial charge in [-0.05, 0) is 29.3 Å². The number of nitrogens with one attached hydrogen (secondary N) is 1. The first-order chi connectivity index (χ1) is 13.1. The minimum atomic E-state index is -0.474. The van der Waals surface area contributed by atoms with E-state index < -0.39 is 10.8 Å². The molecule has 0 radical (unpaired) electrons. The van der Waals surface area contributed by atoms with Crippen LogP contribution < -0.4 is 5.32 Å². The van der Waals surface area contributed by atoms with E-state index in [0.717, 1.165) is 11.1 Å². The fourth-order valence-corrected chi connectivity index (χ4v) is 2.00. The second-order valence-electron chi connectivity index (χ2n) is 5.07. The van der Waals surface area contributed by atoms with Crippen LogP contribution in [0.3, 0.4) is 0 Å². The summed E-state index contributed by atoms with van der Waals surface area (Å²) in [6, 6.07) is 17.2. The highest BCUT2D eigenvalue weighted by Crippen LogP contribution is 2.13. The van der Waals surface area contributed by atoms with Gasteiger partial charge in [0.1, 0.15) is 11.6 Å². The third-order valence-corrected chi connectivity index (χ3v) is 3.32. The standard InChI is InChI=1S/C19H15N3O3.C2H6/c20-13-17(19(23)21-14-16-5-2-1-3-6-16)8-4-7-15-9-11-18(12-10-15)22(24)25;1-2/h1-12H,14H2,(H,21,23);1-2H3/b7-4+,17-8+;. The molecular weight excluding hydrogens is 342 g/mol. The van der Waals surface area contributed by atoms with Crippen molar-refractivity contribution in [2.45, 2.75) is 20.4 Å². The van der Waals surface area contributed by atoms with Gasteiger partial charge in [0.05, 0.1) is 4.92 Å². The molecule has 0 spiro atoms. The Labute approximate surface area is 158 Å². The summed E-state index contributed by atoms with van der Waals surface area (Å²) >= 11 is 0. The van der Waals surface area contributed by atoms with E-state index in [9.17, 15) is 14.9 Å². The number of hydrogen-bond acceptors (Lipinski definition) is 4. The summed E-state index contributed by atoms with van der Waals surface area (Å²) in [6.07, 6.45) is 4.62. The van der Waals surface area contributed by atoms with Gasteiger partial charge in [0.15, 0.2) is 0 Å². The fourth-order valence-electron chi connectivity index (χ4n) is 2.00. The van der Waals surface area contributed by atoms with Crippen molar-refractivity contribution < 1.29 is 9.72 Å². The first kappa shape index (κ1) is 21.3. The van der Waals surface area contributed by atoms with Gasteiger partial charge < -0.3 is 5.32 Å². The molecular formula is C21H21N3O3. The zero-order valence-corrected chi connectivity index (χ0v) is 15.3. The van der Waals surface area contributed by atoms with Crippen molar-refractivity contribution in [2.75, 3.05) is 0 Å². The van der Waals surface area contributed by atoms with E-state index in [1.807, 2.05) is 50.2 Å². The lowest BCUT2D eigenvalue weighted by molar-refractivity contribution is -0.384. The smallest absolute Gasteiger partial charge is 0.269 e. The van der Waals surface area contributed by atoms with Crippen molar-refractivity contribution >= 4 is 17.7 Å². The van der Waals surface area contributed by atoms with E-state index in [4.69, 9.17) is 5.26 Å². The first-order valence-electron chi connectivity index (χ1n) is 8.45. The number of nitrogens with zero attached hydrogens (tertiary/aromatic N) is 2. The number of non-ortho nitro benzene ring substituents is 1. The number of carbonyl (C=O) groups excluding carboxylic acids is 1. The molecule has 1 amide bonds. The SMILES string of the molecule is CC.N#C/C(=C\C=C\c1ccc([N+](=O)[O-])cc1)C(=O)NCc1ccccc1. The number of hydrogen-bond donors (Lipinski definition) is 1. The third kappa shape index (κ3) is 7.36. The average Bonchev–Trinajstić information content (AvgIpc) is 2.72. The Kier molecular flexibility index (Phi) is 9.29. The monoisotopic (exact) mass is 363 g/mol. The number of nitriles is 1. The van der Waals surface area contributed by atoms with Gasteiger partial charge >= 0.3 is 0 Å². The van der Waals surface area contributed by atoms with E-state index in [1.54, 1.807) is 24.3 Å². The molecule has 6 heteroatoms. The van der Waals surface area contributed by atoms with Gasteiger partial charge in [0, 0.05) is 18.7 Å². The van der Waals surface area contributed by atoms with E-state index in [0.29, 0.717) is 6.54 Å². The van der Waals surface area contributed by atoms with E-state index >= 15 is 0 Å². The summed E-state index contributed by atoms with van der Waals surface area (Å²) in [5, 5.41) is 22.4. The Morgan fingerprint density at radius 1 is 1.15 bits per heavy atom. The second kappa shape index (κ2) is 11.8. The largest absolute Gasteiger partial charge is 0.347 e. The number of carbonyl (C=O) groups is 1. The number of benzene rings is 2. The van der Waals surface area contributed by atoms with E-state index in [1.165, 1.54) is 18.2 Å². The van der Waals surface area contributed by atoms with Crippen molar-refractivity contribution in [3.8, 4) is 6.07 Å². The summed E-state index contributed by atoms with van der Waals surface area (Å²) in [7, 11) is 0. The van der Waals surface area contributed by atoms with Crippen LogP contribution in [0.15, 0.2) is 72.3 Å². The maximum atomic E-state index is 12.0. The number of rotatable bonds is 6. The molecule has 0 aliphatic carbocycles. The van der Waals surface area contributed by atoms with Gasteiger partial charge in [-0.25, -0.2) is 0 Å². The van der Waals surface area contributed by atoms with Crippen LogP contribution in [-0.2, 0) is 11.3 Å². The topological polar surface area (TPSA) is 96.0 Å². The highest BCUT2D eigenvalue weighted by Gasteiger charge is 2.07. The van der Waals surface area contributed by atoms with Gasteiger partial charge in [-0.15, -0.1) is 0 Å².